The molecule has 0 spiro atoms. The van der Waals surface area contributed by atoms with Crippen LogP contribution in [0.25, 0.3) is 22.3 Å². The normalized spacial score (nSPS) is 12.7. The number of benzene rings is 2. The zero-order valence-corrected chi connectivity index (χ0v) is 24.8. The van der Waals surface area contributed by atoms with Crippen LogP contribution in [0.2, 0.25) is 0 Å². The summed E-state index contributed by atoms with van der Waals surface area (Å²) in [4.78, 5) is 23.7. The van der Waals surface area contributed by atoms with Crippen molar-refractivity contribution in [3.8, 4) is 34.3 Å². The summed E-state index contributed by atoms with van der Waals surface area (Å²) in [6.45, 7) is 9.45. The van der Waals surface area contributed by atoms with E-state index in [-0.39, 0.29) is 23.5 Å². The molecule has 0 saturated carbocycles. The summed E-state index contributed by atoms with van der Waals surface area (Å²) in [5, 5.41) is 0.254. The van der Waals surface area contributed by atoms with E-state index >= 15 is 0 Å². The third kappa shape index (κ3) is 8.75. The van der Waals surface area contributed by atoms with Gasteiger partial charge < -0.3 is 32.8 Å². The highest BCUT2D eigenvalue weighted by Gasteiger charge is 2.25. The first-order chi connectivity index (χ1) is 19.3. The minimum Gasteiger partial charge on any atom is -0.493 e. The maximum atomic E-state index is 13.6. The van der Waals surface area contributed by atoms with Gasteiger partial charge in [0.05, 0.1) is 31.8 Å². The van der Waals surface area contributed by atoms with Crippen LogP contribution in [-0.2, 0) is 9.09 Å². The maximum absolute atomic E-state index is 13.6. The van der Waals surface area contributed by atoms with Crippen LogP contribution in [0.5, 0.6) is 23.0 Å². The van der Waals surface area contributed by atoms with Crippen LogP contribution in [-0.4, -0.2) is 37.7 Å². The van der Waals surface area contributed by atoms with Crippen LogP contribution in [0, 0.1) is 0 Å². The lowest BCUT2D eigenvalue weighted by molar-refractivity contribution is 0.239. The Bertz CT molecular complexity index is 1330. The molecule has 0 radical (unpaired) electrons. The standard InChI is InChI=1S/C30H41O9P/c1-5-9-16-34-23-13-14-24-26(20-23)39-29(30(28(24)31)37-21-40(32,33)38-8-4)22-12-15-25(35-17-10-6-2)27(19-22)36-18-11-7-3/h12-15,19-20H,5-11,16-18,21H2,1-4H3,(H,32,33). The highest BCUT2D eigenvalue weighted by Crippen LogP contribution is 2.43. The Morgan fingerprint density at radius 1 is 0.800 bits per heavy atom. The Morgan fingerprint density at radius 3 is 2.10 bits per heavy atom. The predicted octanol–water partition coefficient (Wildman–Crippen LogP) is 7.55. The third-order valence-electron chi connectivity index (χ3n) is 6.01. The molecule has 1 atom stereocenters. The molecule has 1 heterocycles. The Kier molecular flexibility index (Phi) is 12.4. The van der Waals surface area contributed by atoms with Crippen LogP contribution in [0.3, 0.4) is 0 Å². The van der Waals surface area contributed by atoms with Gasteiger partial charge in [-0.15, -0.1) is 0 Å². The van der Waals surface area contributed by atoms with Gasteiger partial charge in [0, 0.05) is 11.6 Å². The molecule has 1 N–H and O–H groups in total. The molecule has 40 heavy (non-hydrogen) atoms. The van der Waals surface area contributed by atoms with Gasteiger partial charge >= 0.3 is 7.60 Å². The number of hydrogen-bond acceptors (Lipinski definition) is 8. The van der Waals surface area contributed by atoms with Crippen molar-refractivity contribution >= 4 is 18.6 Å². The van der Waals surface area contributed by atoms with Crippen LogP contribution in [0.4, 0.5) is 0 Å². The predicted molar refractivity (Wildman–Crippen MR) is 156 cm³/mol. The van der Waals surface area contributed by atoms with Crippen LogP contribution in [0.1, 0.15) is 66.2 Å². The molecule has 220 valence electrons. The lowest BCUT2D eigenvalue weighted by Crippen LogP contribution is -2.12. The molecule has 10 heteroatoms. The minimum atomic E-state index is -4.09. The van der Waals surface area contributed by atoms with E-state index in [1.165, 1.54) is 0 Å². The largest absolute Gasteiger partial charge is 0.493 e. The van der Waals surface area contributed by atoms with E-state index in [9.17, 15) is 14.3 Å². The highest BCUT2D eigenvalue weighted by atomic mass is 31.2. The SMILES string of the molecule is CCCCOc1ccc2c(=O)c(OCP(=O)(O)OCC)c(-c3ccc(OCCCC)c(OCCCC)c3)oc2c1. The first kappa shape index (κ1) is 31.5. The van der Waals surface area contributed by atoms with Crippen molar-refractivity contribution in [2.45, 2.75) is 66.2 Å². The fraction of sp³-hybridized carbons (Fsp3) is 0.500. The molecule has 1 aromatic heterocycles. The van der Waals surface area contributed by atoms with Gasteiger partial charge in [-0.2, -0.15) is 0 Å². The molecule has 0 bridgehead atoms. The second kappa shape index (κ2) is 15.7. The van der Waals surface area contributed by atoms with Gasteiger partial charge in [-0.1, -0.05) is 40.0 Å². The first-order valence-corrected chi connectivity index (χ1v) is 15.8. The van der Waals surface area contributed by atoms with Crippen LogP contribution < -0.4 is 24.4 Å². The fourth-order valence-corrected chi connectivity index (χ4v) is 4.59. The van der Waals surface area contributed by atoms with Crippen molar-refractivity contribution in [3.63, 3.8) is 0 Å². The van der Waals surface area contributed by atoms with Crippen molar-refractivity contribution < 1.29 is 37.3 Å². The van der Waals surface area contributed by atoms with Crippen LogP contribution >= 0.6 is 7.60 Å². The monoisotopic (exact) mass is 576 g/mol. The summed E-state index contributed by atoms with van der Waals surface area (Å²) in [6, 6.07) is 10.2. The summed E-state index contributed by atoms with van der Waals surface area (Å²) in [5.41, 5.74) is 0.310. The van der Waals surface area contributed by atoms with E-state index in [2.05, 4.69) is 20.8 Å². The van der Waals surface area contributed by atoms with Crippen molar-refractivity contribution in [2.75, 3.05) is 32.8 Å². The summed E-state index contributed by atoms with van der Waals surface area (Å²) >= 11 is 0. The van der Waals surface area contributed by atoms with Gasteiger partial charge in [0.15, 0.2) is 23.6 Å². The molecule has 3 aromatic rings. The third-order valence-corrected chi connectivity index (χ3v) is 7.13. The molecule has 3 rings (SSSR count). The smallest absolute Gasteiger partial charge is 0.365 e. The highest BCUT2D eigenvalue weighted by molar-refractivity contribution is 7.52. The summed E-state index contributed by atoms with van der Waals surface area (Å²) in [7, 11) is -4.09. The molecule has 2 aromatic carbocycles. The summed E-state index contributed by atoms with van der Waals surface area (Å²) in [6.07, 6.45) is 4.90. The number of unbranched alkanes of at least 4 members (excludes halogenated alkanes) is 3. The van der Waals surface area contributed by atoms with E-state index in [4.69, 9.17) is 27.9 Å². The average Bonchev–Trinajstić information content (AvgIpc) is 2.93. The van der Waals surface area contributed by atoms with E-state index in [1.807, 2.05) is 0 Å². The zero-order chi connectivity index (χ0) is 29.0. The van der Waals surface area contributed by atoms with Crippen molar-refractivity contribution in [1.82, 2.24) is 0 Å². The quantitative estimate of drug-likeness (QED) is 0.121. The molecule has 0 aliphatic heterocycles. The van der Waals surface area contributed by atoms with Crippen molar-refractivity contribution in [2.24, 2.45) is 0 Å². The van der Waals surface area contributed by atoms with Gasteiger partial charge in [-0.3, -0.25) is 9.36 Å². The lowest BCUT2D eigenvalue weighted by atomic mass is 10.1. The topological polar surface area (TPSA) is 114 Å². The first-order valence-electron chi connectivity index (χ1n) is 14.1. The average molecular weight is 577 g/mol. The second-order valence-corrected chi connectivity index (χ2v) is 11.1. The Hall–Kier alpha value is -3.00. The van der Waals surface area contributed by atoms with Gasteiger partial charge in [-0.25, -0.2) is 0 Å². The summed E-state index contributed by atoms with van der Waals surface area (Å²) < 4.78 is 47.0. The maximum Gasteiger partial charge on any atom is 0.365 e. The molecule has 0 fully saturated rings. The van der Waals surface area contributed by atoms with Crippen molar-refractivity contribution in [1.29, 1.82) is 0 Å². The molecule has 0 amide bonds. The zero-order valence-electron chi connectivity index (χ0n) is 23.9. The van der Waals surface area contributed by atoms with Gasteiger partial charge in [0.2, 0.25) is 11.2 Å². The number of fused-ring (bicyclic) bond motifs is 1. The second-order valence-electron chi connectivity index (χ2n) is 9.34. The van der Waals surface area contributed by atoms with Crippen molar-refractivity contribution in [3.05, 3.63) is 46.6 Å². The molecule has 1 unspecified atom stereocenters. The Labute approximate surface area is 235 Å². The number of hydrogen-bond donors (Lipinski definition) is 1. The molecule has 0 aliphatic rings. The van der Waals surface area contributed by atoms with E-state index < -0.39 is 19.4 Å². The fourth-order valence-electron chi connectivity index (χ4n) is 3.82. The summed E-state index contributed by atoms with van der Waals surface area (Å²) in [5.74, 6) is 1.57. The molecule has 9 nitrogen and oxygen atoms in total. The van der Waals surface area contributed by atoms with Gasteiger partial charge in [0.25, 0.3) is 0 Å². The molecule has 0 saturated heterocycles. The van der Waals surface area contributed by atoms with Gasteiger partial charge in [0.1, 0.15) is 11.3 Å². The van der Waals surface area contributed by atoms with Gasteiger partial charge in [-0.05, 0) is 56.5 Å². The van der Waals surface area contributed by atoms with Crippen LogP contribution in [0.15, 0.2) is 45.6 Å². The Morgan fingerprint density at radius 2 is 1.45 bits per heavy atom. The van der Waals surface area contributed by atoms with E-state index in [0.717, 1.165) is 38.5 Å². The molecular formula is C30H41O9P. The van der Waals surface area contributed by atoms with E-state index in [0.29, 0.717) is 48.2 Å². The number of ether oxygens (including phenoxy) is 4. The lowest BCUT2D eigenvalue weighted by Gasteiger charge is -2.17. The molecular weight excluding hydrogens is 535 g/mol. The molecule has 0 aliphatic carbocycles. The Balaban J connectivity index is 2.11. The van der Waals surface area contributed by atoms with E-state index in [1.54, 1.807) is 43.3 Å². The number of rotatable bonds is 18. The minimum absolute atomic E-state index is 0.0229.